The van der Waals surface area contributed by atoms with E-state index in [1.807, 2.05) is 0 Å². The number of hydrogen-bond donors (Lipinski definition) is 2. The molecular formula is C10H10ClF3N2O. The molecular weight excluding hydrogens is 257 g/mol. The summed E-state index contributed by atoms with van der Waals surface area (Å²) in [6.07, 6.45) is -4.14. The van der Waals surface area contributed by atoms with Crippen LogP contribution in [0.15, 0.2) is 18.2 Å². The average molecular weight is 267 g/mol. The Hall–Kier alpha value is -1.27. The quantitative estimate of drug-likeness (QED) is 0.754. The van der Waals surface area contributed by atoms with Crippen molar-refractivity contribution >= 4 is 24.0 Å². The monoisotopic (exact) mass is 266 g/mol. The maximum Gasteiger partial charge on any atom is 0.416 e. The molecule has 1 aliphatic rings. The van der Waals surface area contributed by atoms with E-state index in [0.717, 1.165) is 12.1 Å². The Balaban J connectivity index is 0.00000144. The van der Waals surface area contributed by atoms with Crippen LogP contribution in [0.2, 0.25) is 0 Å². The lowest BCUT2D eigenvalue weighted by Gasteiger charge is -2.22. The average Bonchev–Trinajstić information content (AvgIpc) is 2.17. The number of carbonyl (C=O) groups is 1. The Kier molecular flexibility index (Phi) is 3.68. The first kappa shape index (κ1) is 13.8. The Morgan fingerprint density at radius 2 is 2.00 bits per heavy atom. The molecule has 0 saturated heterocycles. The molecule has 1 heterocycles. The van der Waals surface area contributed by atoms with Crippen LogP contribution in [0.3, 0.4) is 0 Å². The van der Waals surface area contributed by atoms with E-state index in [-0.39, 0.29) is 24.5 Å². The third-order valence-corrected chi connectivity index (χ3v) is 2.47. The van der Waals surface area contributed by atoms with Crippen molar-refractivity contribution in [3.8, 4) is 0 Å². The van der Waals surface area contributed by atoms with Crippen LogP contribution in [-0.4, -0.2) is 11.9 Å². The molecule has 0 fully saturated rings. The van der Waals surface area contributed by atoms with Gasteiger partial charge in [-0.25, -0.2) is 0 Å². The molecule has 3 N–H and O–H groups in total. The third-order valence-electron chi connectivity index (χ3n) is 2.47. The highest BCUT2D eigenvalue weighted by Crippen LogP contribution is 2.33. The number of carbonyl (C=O) groups excluding carboxylic acids is 1. The van der Waals surface area contributed by atoms with Gasteiger partial charge < -0.3 is 11.1 Å². The van der Waals surface area contributed by atoms with Gasteiger partial charge in [-0.1, -0.05) is 6.07 Å². The fourth-order valence-electron chi connectivity index (χ4n) is 1.60. The first-order valence-electron chi connectivity index (χ1n) is 4.64. The summed E-state index contributed by atoms with van der Waals surface area (Å²) >= 11 is 0. The molecule has 0 radical (unpaired) electrons. The summed E-state index contributed by atoms with van der Waals surface area (Å²) in [4.78, 5) is 11.2. The van der Waals surface area contributed by atoms with Gasteiger partial charge in [-0.05, 0) is 24.1 Å². The molecule has 2 rings (SSSR count). The van der Waals surface area contributed by atoms with Crippen LogP contribution in [0.5, 0.6) is 0 Å². The van der Waals surface area contributed by atoms with Gasteiger partial charge in [0.1, 0.15) is 0 Å². The summed E-state index contributed by atoms with van der Waals surface area (Å²) in [7, 11) is 0. The Bertz CT molecular complexity index is 448. The van der Waals surface area contributed by atoms with Gasteiger partial charge in [-0.15, -0.1) is 12.4 Å². The fraction of sp³-hybridized carbons (Fsp3) is 0.300. The van der Waals surface area contributed by atoms with E-state index in [1.54, 1.807) is 0 Å². The van der Waals surface area contributed by atoms with Gasteiger partial charge in [0.2, 0.25) is 5.91 Å². The Morgan fingerprint density at radius 1 is 1.35 bits per heavy atom. The summed E-state index contributed by atoms with van der Waals surface area (Å²) in [5.74, 6) is -0.452. The van der Waals surface area contributed by atoms with Crippen LogP contribution < -0.4 is 11.1 Å². The molecule has 17 heavy (non-hydrogen) atoms. The SMILES string of the molecule is Cl.NC1Cc2ccc(C(F)(F)F)cc2NC1=O. The van der Waals surface area contributed by atoms with Crippen LogP contribution in [0.1, 0.15) is 11.1 Å². The van der Waals surface area contributed by atoms with Crippen molar-refractivity contribution in [3.05, 3.63) is 29.3 Å². The smallest absolute Gasteiger partial charge is 0.324 e. The van der Waals surface area contributed by atoms with Gasteiger partial charge in [0.05, 0.1) is 11.6 Å². The van der Waals surface area contributed by atoms with Gasteiger partial charge in [0, 0.05) is 5.69 Å². The minimum Gasteiger partial charge on any atom is -0.324 e. The maximum absolute atomic E-state index is 12.4. The molecule has 0 bridgehead atoms. The number of nitrogens with one attached hydrogen (secondary N) is 1. The number of amides is 1. The summed E-state index contributed by atoms with van der Waals surface area (Å²) in [6.45, 7) is 0. The van der Waals surface area contributed by atoms with Crippen molar-refractivity contribution in [3.63, 3.8) is 0 Å². The van der Waals surface area contributed by atoms with Crippen LogP contribution in [0.25, 0.3) is 0 Å². The summed E-state index contributed by atoms with van der Waals surface area (Å²) < 4.78 is 37.2. The highest BCUT2D eigenvalue weighted by Gasteiger charge is 2.32. The van der Waals surface area contributed by atoms with E-state index in [9.17, 15) is 18.0 Å². The number of anilines is 1. The highest BCUT2D eigenvalue weighted by molar-refractivity contribution is 5.97. The van der Waals surface area contributed by atoms with E-state index < -0.39 is 23.7 Å². The minimum absolute atomic E-state index is 0. The summed E-state index contributed by atoms with van der Waals surface area (Å²) in [5, 5.41) is 2.36. The molecule has 1 amide bonds. The second kappa shape index (κ2) is 4.54. The van der Waals surface area contributed by atoms with Crippen molar-refractivity contribution in [1.82, 2.24) is 0 Å². The predicted molar refractivity (Wildman–Crippen MR) is 59.0 cm³/mol. The van der Waals surface area contributed by atoms with Gasteiger partial charge >= 0.3 is 6.18 Å². The number of hydrogen-bond acceptors (Lipinski definition) is 2. The number of fused-ring (bicyclic) bond motifs is 1. The zero-order valence-corrected chi connectivity index (χ0v) is 9.36. The van der Waals surface area contributed by atoms with Gasteiger partial charge in [-0.2, -0.15) is 13.2 Å². The van der Waals surface area contributed by atoms with Crippen LogP contribution in [-0.2, 0) is 17.4 Å². The number of nitrogens with two attached hydrogens (primary N) is 1. The number of benzene rings is 1. The molecule has 1 aromatic rings. The molecule has 94 valence electrons. The summed E-state index contributed by atoms with van der Waals surface area (Å²) in [5.41, 5.74) is 5.53. The van der Waals surface area contributed by atoms with Crippen molar-refractivity contribution in [2.24, 2.45) is 5.73 Å². The molecule has 1 aliphatic heterocycles. The molecule has 0 saturated carbocycles. The first-order chi connectivity index (χ1) is 7.38. The van der Waals surface area contributed by atoms with Crippen molar-refractivity contribution in [1.29, 1.82) is 0 Å². The molecule has 3 nitrogen and oxygen atoms in total. The summed E-state index contributed by atoms with van der Waals surface area (Å²) in [6, 6.07) is 2.57. The molecule has 0 aliphatic carbocycles. The number of rotatable bonds is 0. The standard InChI is InChI=1S/C10H9F3N2O.ClH/c11-10(12,13)6-2-1-5-3-7(14)9(16)15-8(5)4-6;/h1-2,4,7H,3,14H2,(H,15,16);1H. The molecule has 0 spiro atoms. The molecule has 1 unspecified atom stereocenters. The van der Waals surface area contributed by atoms with E-state index in [0.29, 0.717) is 5.56 Å². The predicted octanol–water partition coefficient (Wildman–Crippen LogP) is 1.95. The topological polar surface area (TPSA) is 55.1 Å². The first-order valence-corrected chi connectivity index (χ1v) is 4.64. The Labute approximate surface area is 102 Å². The van der Waals surface area contributed by atoms with Crippen molar-refractivity contribution in [2.75, 3.05) is 5.32 Å². The normalized spacial score (nSPS) is 19.1. The largest absolute Gasteiger partial charge is 0.416 e. The lowest BCUT2D eigenvalue weighted by atomic mass is 9.98. The lowest BCUT2D eigenvalue weighted by Crippen LogP contribution is -2.41. The highest BCUT2D eigenvalue weighted by atomic mass is 35.5. The number of halogens is 4. The van der Waals surface area contributed by atoms with E-state index >= 15 is 0 Å². The van der Waals surface area contributed by atoms with Crippen molar-refractivity contribution in [2.45, 2.75) is 18.6 Å². The van der Waals surface area contributed by atoms with Crippen LogP contribution >= 0.6 is 12.4 Å². The molecule has 1 aromatic carbocycles. The third kappa shape index (κ3) is 2.70. The van der Waals surface area contributed by atoms with Crippen LogP contribution in [0, 0.1) is 0 Å². The second-order valence-electron chi connectivity index (χ2n) is 3.67. The van der Waals surface area contributed by atoms with E-state index in [4.69, 9.17) is 5.73 Å². The van der Waals surface area contributed by atoms with Crippen LogP contribution in [0.4, 0.5) is 18.9 Å². The zero-order valence-electron chi connectivity index (χ0n) is 8.54. The minimum atomic E-state index is -4.40. The van der Waals surface area contributed by atoms with Gasteiger partial charge in [0.15, 0.2) is 0 Å². The molecule has 0 aromatic heterocycles. The van der Waals surface area contributed by atoms with Crippen molar-refractivity contribution < 1.29 is 18.0 Å². The van der Waals surface area contributed by atoms with Gasteiger partial charge in [-0.3, -0.25) is 4.79 Å². The lowest BCUT2D eigenvalue weighted by molar-refractivity contribution is -0.137. The van der Waals surface area contributed by atoms with E-state index in [2.05, 4.69) is 5.32 Å². The molecule has 1 atom stereocenters. The number of alkyl halides is 3. The Morgan fingerprint density at radius 3 is 2.59 bits per heavy atom. The zero-order chi connectivity index (χ0) is 11.9. The fourth-order valence-corrected chi connectivity index (χ4v) is 1.60. The molecule has 7 heteroatoms. The van der Waals surface area contributed by atoms with E-state index in [1.165, 1.54) is 6.07 Å². The second-order valence-corrected chi connectivity index (χ2v) is 3.67. The van der Waals surface area contributed by atoms with Gasteiger partial charge in [0.25, 0.3) is 0 Å². The maximum atomic E-state index is 12.4.